The number of carbonyl (C=O) groups excluding carboxylic acids is 1. The van der Waals surface area contributed by atoms with Gasteiger partial charge in [-0.2, -0.15) is 5.26 Å². The molecule has 7 heteroatoms. The Balaban J connectivity index is 1.89. The second-order valence-electron chi connectivity index (χ2n) is 5.56. The molecule has 1 amide bonds. The second kappa shape index (κ2) is 6.38. The number of thiophene rings is 1. The summed E-state index contributed by atoms with van der Waals surface area (Å²) in [7, 11) is -3.37. The number of aryl methyl sites for hydroxylation is 1. The number of hydrogen-bond donors (Lipinski definition) is 1. The molecule has 1 aromatic heterocycles. The maximum absolute atomic E-state index is 12.5. The molecule has 0 spiro atoms. The average Bonchev–Trinajstić information content (AvgIpc) is 3.15. The highest BCUT2D eigenvalue weighted by Gasteiger charge is 2.23. The second-order valence-corrected chi connectivity index (χ2v) is 8.94. The first-order valence-corrected chi connectivity index (χ1v) is 10.1. The van der Waals surface area contributed by atoms with Crippen LogP contribution >= 0.6 is 11.3 Å². The van der Waals surface area contributed by atoms with Crippen LogP contribution in [-0.2, 0) is 22.7 Å². The third-order valence-electron chi connectivity index (χ3n) is 4.10. The van der Waals surface area contributed by atoms with Gasteiger partial charge in [-0.3, -0.25) is 4.79 Å². The van der Waals surface area contributed by atoms with E-state index in [0.29, 0.717) is 10.6 Å². The Morgan fingerprint density at radius 3 is 2.88 bits per heavy atom. The van der Waals surface area contributed by atoms with Gasteiger partial charge in [-0.05, 0) is 43.0 Å². The predicted octanol–water partition coefficient (Wildman–Crippen LogP) is 3.15. The number of nitrogens with zero attached hydrogens (tertiary/aromatic N) is 1. The molecule has 1 heterocycles. The first-order valence-electron chi connectivity index (χ1n) is 7.65. The molecule has 124 valence electrons. The smallest absolute Gasteiger partial charge is 0.256 e. The van der Waals surface area contributed by atoms with E-state index in [4.69, 9.17) is 0 Å². The van der Waals surface area contributed by atoms with Gasteiger partial charge >= 0.3 is 0 Å². The summed E-state index contributed by atoms with van der Waals surface area (Å²) in [4.78, 5) is 13.8. The molecule has 2 aromatic rings. The van der Waals surface area contributed by atoms with Crippen molar-refractivity contribution in [1.82, 2.24) is 0 Å². The van der Waals surface area contributed by atoms with Gasteiger partial charge in [0.15, 0.2) is 9.84 Å². The quantitative estimate of drug-likeness (QED) is 0.907. The lowest BCUT2D eigenvalue weighted by molar-refractivity contribution is 0.102. The van der Waals surface area contributed by atoms with Crippen molar-refractivity contribution in [2.75, 3.05) is 11.1 Å². The number of nitriles is 1. The molecule has 3 rings (SSSR count). The summed E-state index contributed by atoms with van der Waals surface area (Å²) >= 11 is 1.44. The van der Waals surface area contributed by atoms with Crippen molar-refractivity contribution >= 4 is 32.1 Å². The van der Waals surface area contributed by atoms with Crippen molar-refractivity contribution in [2.24, 2.45) is 0 Å². The molecule has 1 aliphatic rings. The molecule has 24 heavy (non-hydrogen) atoms. The van der Waals surface area contributed by atoms with Gasteiger partial charge in [0.1, 0.15) is 11.1 Å². The zero-order valence-corrected chi connectivity index (χ0v) is 14.8. The Bertz CT molecular complexity index is 953. The molecule has 1 aromatic carbocycles. The molecule has 0 unspecified atom stereocenters. The molecule has 1 N–H and O–H groups in total. The minimum Gasteiger partial charge on any atom is -0.312 e. The Labute approximate surface area is 144 Å². The standard InChI is InChI=1S/C17H16N2O3S2/c1-2-24(21,22)12-6-3-5-11(9-12)16(20)19-17-14(10-18)13-7-4-8-15(13)23-17/h3,5-6,9H,2,4,7-8H2,1H3,(H,19,20). The highest BCUT2D eigenvalue weighted by Crippen LogP contribution is 2.38. The third kappa shape index (κ3) is 2.95. The summed E-state index contributed by atoms with van der Waals surface area (Å²) in [6.07, 6.45) is 2.85. The van der Waals surface area contributed by atoms with E-state index >= 15 is 0 Å². The molecular weight excluding hydrogens is 344 g/mol. The monoisotopic (exact) mass is 360 g/mol. The van der Waals surface area contributed by atoms with Crippen LogP contribution in [0, 0.1) is 11.3 Å². The number of carbonyl (C=O) groups is 1. The topological polar surface area (TPSA) is 87.0 Å². The van der Waals surface area contributed by atoms with Crippen LogP contribution in [0.3, 0.4) is 0 Å². The van der Waals surface area contributed by atoms with Crippen LogP contribution in [-0.4, -0.2) is 20.1 Å². The fraction of sp³-hybridized carbons (Fsp3) is 0.294. The highest BCUT2D eigenvalue weighted by atomic mass is 32.2. The molecule has 0 saturated heterocycles. The Morgan fingerprint density at radius 1 is 1.38 bits per heavy atom. The molecule has 1 aliphatic carbocycles. The molecule has 0 aliphatic heterocycles. The van der Waals surface area contributed by atoms with Crippen LogP contribution in [0.4, 0.5) is 5.00 Å². The molecular formula is C17H16N2O3S2. The lowest BCUT2D eigenvalue weighted by Gasteiger charge is -2.06. The summed E-state index contributed by atoms with van der Waals surface area (Å²) in [5.74, 6) is -0.423. The lowest BCUT2D eigenvalue weighted by Crippen LogP contribution is -2.13. The number of fused-ring (bicyclic) bond motifs is 1. The van der Waals surface area contributed by atoms with Crippen molar-refractivity contribution in [2.45, 2.75) is 31.1 Å². The zero-order valence-electron chi connectivity index (χ0n) is 13.1. The van der Waals surface area contributed by atoms with Gasteiger partial charge in [0.05, 0.1) is 16.2 Å². The van der Waals surface area contributed by atoms with Gasteiger partial charge in [0, 0.05) is 10.4 Å². The van der Waals surface area contributed by atoms with E-state index in [9.17, 15) is 18.5 Å². The fourth-order valence-corrected chi connectivity index (χ4v) is 4.94. The Kier molecular flexibility index (Phi) is 4.43. The van der Waals surface area contributed by atoms with Crippen LogP contribution in [0.15, 0.2) is 29.2 Å². The van der Waals surface area contributed by atoms with Crippen LogP contribution in [0.25, 0.3) is 0 Å². The van der Waals surface area contributed by atoms with Gasteiger partial charge in [-0.1, -0.05) is 13.0 Å². The SMILES string of the molecule is CCS(=O)(=O)c1cccc(C(=O)Nc2sc3c(c2C#N)CCC3)c1. The van der Waals surface area contributed by atoms with Gasteiger partial charge in [-0.25, -0.2) is 8.42 Å². The van der Waals surface area contributed by atoms with Crippen LogP contribution in [0.1, 0.15) is 39.7 Å². The number of amides is 1. The van der Waals surface area contributed by atoms with E-state index in [-0.39, 0.29) is 16.2 Å². The zero-order chi connectivity index (χ0) is 17.3. The molecule has 0 radical (unpaired) electrons. The van der Waals surface area contributed by atoms with E-state index in [1.807, 2.05) is 0 Å². The number of anilines is 1. The number of rotatable bonds is 4. The Hall–Kier alpha value is -2.17. The van der Waals surface area contributed by atoms with Crippen molar-refractivity contribution in [3.63, 3.8) is 0 Å². The van der Waals surface area contributed by atoms with Crippen molar-refractivity contribution in [1.29, 1.82) is 5.26 Å². The molecule has 0 atom stereocenters. The summed E-state index contributed by atoms with van der Waals surface area (Å²) in [5.41, 5.74) is 1.85. The predicted molar refractivity (Wildman–Crippen MR) is 93.2 cm³/mol. The molecule has 5 nitrogen and oxygen atoms in total. The summed E-state index contributed by atoms with van der Waals surface area (Å²) in [5, 5.41) is 12.7. The van der Waals surface area contributed by atoms with Gasteiger partial charge in [-0.15, -0.1) is 11.3 Å². The van der Waals surface area contributed by atoms with Gasteiger partial charge in [0.2, 0.25) is 0 Å². The van der Waals surface area contributed by atoms with Crippen molar-refractivity contribution < 1.29 is 13.2 Å². The lowest BCUT2D eigenvalue weighted by atomic mass is 10.1. The highest BCUT2D eigenvalue weighted by molar-refractivity contribution is 7.91. The normalized spacial score (nSPS) is 13.3. The molecule has 0 bridgehead atoms. The van der Waals surface area contributed by atoms with Crippen LogP contribution < -0.4 is 5.32 Å². The average molecular weight is 360 g/mol. The summed E-state index contributed by atoms with van der Waals surface area (Å²) in [6, 6.07) is 8.16. The van der Waals surface area contributed by atoms with Crippen LogP contribution in [0.2, 0.25) is 0 Å². The largest absolute Gasteiger partial charge is 0.312 e. The maximum Gasteiger partial charge on any atom is 0.256 e. The van der Waals surface area contributed by atoms with E-state index in [1.54, 1.807) is 19.1 Å². The maximum atomic E-state index is 12.5. The van der Waals surface area contributed by atoms with Crippen molar-refractivity contribution in [3.05, 3.63) is 45.8 Å². The first kappa shape index (κ1) is 16.7. The fourth-order valence-electron chi connectivity index (χ4n) is 2.78. The minimum atomic E-state index is -3.37. The molecule has 0 saturated carbocycles. The summed E-state index contributed by atoms with van der Waals surface area (Å²) in [6.45, 7) is 1.56. The number of nitrogens with one attached hydrogen (secondary N) is 1. The van der Waals surface area contributed by atoms with E-state index < -0.39 is 15.7 Å². The molecule has 0 fully saturated rings. The van der Waals surface area contributed by atoms with E-state index in [0.717, 1.165) is 29.7 Å². The minimum absolute atomic E-state index is 0.0195. The third-order valence-corrected chi connectivity index (χ3v) is 7.04. The van der Waals surface area contributed by atoms with E-state index in [2.05, 4.69) is 11.4 Å². The van der Waals surface area contributed by atoms with E-state index in [1.165, 1.54) is 23.5 Å². The number of sulfone groups is 1. The number of hydrogen-bond acceptors (Lipinski definition) is 5. The number of benzene rings is 1. The Morgan fingerprint density at radius 2 is 2.17 bits per heavy atom. The van der Waals surface area contributed by atoms with Gasteiger partial charge in [0.25, 0.3) is 5.91 Å². The summed E-state index contributed by atoms with van der Waals surface area (Å²) < 4.78 is 23.9. The first-order chi connectivity index (χ1) is 11.5. The van der Waals surface area contributed by atoms with Crippen LogP contribution in [0.5, 0.6) is 0 Å². The van der Waals surface area contributed by atoms with Crippen molar-refractivity contribution in [3.8, 4) is 6.07 Å². The van der Waals surface area contributed by atoms with Gasteiger partial charge < -0.3 is 5.32 Å².